The van der Waals surface area contributed by atoms with Crippen LogP contribution < -0.4 is 11.1 Å². The Morgan fingerprint density at radius 1 is 1.32 bits per heavy atom. The van der Waals surface area contributed by atoms with E-state index in [1.165, 1.54) is 0 Å². The highest BCUT2D eigenvalue weighted by Gasteiger charge is 2.27. The van der Waals surface area contributed by atoms with E-state index in [9.17, 15) is 9.59 Å². The van der Waals surface area contributed by atoms with E-state index in [2.05, 4.69) is 20.4 Å². The van der Waals surface area contributed by atoms with Crippen LogP contribution in [-0.2, 0) is 17.8 Å². The van der Waals surface area contributed by atoms with Gasteiger partial charge in [-0.1, -0.05) is 11.6 Å². The molecule has 10 heteroatoms. The molecule has 0 aliphatic carbocycles. The van der Waals surface area contributed by atoms with E-state index in [4.69, 9.17) is 17.3 Å². The zero-order chi connectivity index (χ0) is 22.5. The molecule has 2 aromatic heterocycles. The average Bonchev–Trinajstić information content (AvgIpc) is 3.22. The normalized spacial score (nSPS) is 15.7. The molecule has 9 nitrogen and oxygen atoms in total. The van der Waals surface area contributed by atoms with Crippen LogP contribution in [0, 0.1) is 12.8 Å². The summed E-state index contributed by atoms with van der Waals surface area (Å²) < 4.78 is 1.61. The molecule has 1 aliphatic heterocycles. The van der Waals surface area contributed by atoms with Crippen molar-refractivity contribution in [3.8, 4) is 0 Å². The standard InChI is InChI=1S/C21H30ClN7O2/c1-4-29-17(7-10-24-29)20(30)25-13(2)21(31)28-11-8-15(9-12-28)5-6-16-18(22)26-14(3)27-19(16)23/h7,10,13,15H,4-6,8-9,11-12H2,1-3H3,(H,25,30)(H2,23,26,27)/t13-/m0/s1. The summed E-state index contributed by atoms with van der Waals surface area (Å²) >= 11 is 6.23. The topological polar surface area (TPSA) is 119 Å². The van der Waals surface area contributed by atoms with Crippen molar-refractivity contribution in [3.63, 3.8) is 0 Å². The van der Waals surface area contributed by atoms with Gasteiger partial charge >= 0.3 is 0 Å². The van der Waals surface area contributed by atoms with Crippen LogP contribution >= 0.6 is 11.6 Å². The first-order chi connectivity index (χ1) is 14.8. The molecule has 3 rings (SSSR count). The van der Waals surface area contributed by atoms with Gasteiger partial charge in [-0.25, -0.2) is 9.97 Å². The summed E-state index contributed by atoms with van der Waals surface area (Å²) in [5.74, 6) is 1.14. The van der Waals surface area contributed by atoms with Crippen molar-refractivity contribution in [1.82, 2.24) is 30.0 Å². The largest absolute Gasteiger partial charge is 0.383 e. The number of amides is 2. The molecule has 1 fully saturated rings. The molecule has 3 N–H and O–H groups in total. The molecule has 0 bridgehead atoms. The van der Waals surface area contributed by atoms with Gasteiger partial charge in [-0.3, -0.25) is 14.3 Å². The van der Waals surface area contributed by atoms with Crippen molar-refractivity contribution in [2.75, 3.05) is 18.8 Å². The number of nitrogens with one attached hydrogen (secondary N) is 1. The Balaban J connectivity index is 1.47. The molecule has 2 aromatic rings. The summed E-state index contributed by atoms with van der Waals surface area (Å²) in [5.41, 5.74) is 7.25. The van der Waals surface area contributed by atoms with Crippen LogP contribution in [0.5, 0.6) is 0 Å². The van der Waals surface area contributed by atoms with Gasteiger partial charge in [-0.05, 0) is 58.4 Å². The van der Waals surface area contributed by atoms with Crippen LogP contribution in [0.1, 0.15) is 55.0 Å². The molecule has 1 saturated heterocycles. The van der Waals surface area contributed by atoms with Crippen LogP contribution in [0.3, 0.4) is 0 Å². The Kier molecular flexibility index (Phi) is 7.48. The number of likely N-dealkylation sites (tertiary alicyclic amines) is 1. The highest BCUT2D eigenvalue weighted by Crippen LogP contribution is 2.26. The Bertz CT molecular complexity index is 915. The fourth-order valence-corrected chi connectivity index (χ4v) is 4.30. The second-order valence-electron chi connectivity index (χ2n) is 7.96. The molecule has 1 aliphatic rings. The molecule has 0 saturated carbocycles. The number of halogens is 1. The van der Waals surface area contributed by atoms with E-state index in [1.807, 2.05) is 11.8 Å². The zero-order valence-electron chi connectivity index (χ0n) is 18.3. The number of nitrogens with two attached hydrogens (primary N) is 1. The van der Waals surface area contributed by atoms with Crippen LogP contribution in [-0.4, -0.2) is 55.6 Å². The lowest BCUT2D eigenvalue weighted by atomic mass is 9.90. The Morgan fingerprint density at radius 2 is 2.03 bits per heavy atom. The fourth-order valence-electron chi connectivity index (χ4n) is 3.99. The quantitative estimate of drug-likeness (QED) is 0.628. The van der Waals surface area contributed by atoms with Crippen LogP contribution in [0.2, 0.25) is 5.15 Å². The second kappa shape index (κ2) is 10.1. The molecule has 2 amide bonds. The van der Waals surface area contributed by atoms with Gasteiger partial charge in [0.2, 0.25) is 5.91 Å². The number of carbonyl (C=O) groups is 2. The molecule has 168 valence electrons. The van der Waals surface area contributed by atoms with Gasteiger partial charge in [-0.15, -0.1) is 0 Å². The smallest absolute Gasteiger partial charge is 0.270 e. The molecule has 31 heavy (non-hydrogen) atoms. The van der Waals surface area contributed by atoms with Crippen molar-refractivity contribution in [2.24, 2.45) is 5.92 Å². The minimum Gasteiger partial charge on any atom is -0.383 e. The van der Waals surface area contributed by atoms with Gasteiger partial charge in [0.05, 0.1) is 0 Å². The summed E-state index contributed by atoms with van der Waals surface area (Å²) in [7, 11) is 0. The molecule has 0 spiro atoms. The van der Waals surface area contributed by atoms with Crippen molar-refractivity contribution in [2.45, 2.75) is 59.0 Å². The number of rotatable bonds is 7. The van der Waals surface area contributed by atoms with Crippen molar-refractivity contribution >= 4 is 29.2 Å². The minimum absolute atomic E-state index is 0.0615. The molecule has 1 atom stereocenters. The minimum atomic E-state index is -0.590. The van der Waals surface area contributed by atoms with E-state index in [-0.39, 0.29) is 11.8 Å². The van der Waals surface area contributed by atoms with Gasteiger partial charge < -0.3 is 16.0 Å². The number of aromatic nitrogens is 4. The van der Waals surface area contributed by atoms with E-state index < -0.39 is 6.04 Å². The summed E-state index contributed by atoms with van der Waals surface area (Å²) in [4.78, 5) is 35.5. The Labute approximate surface area is 187 Å². The van der Waals surface area contributed by atoms with E-state index in [0.717, 1.165) is 31.2 Å². The number of nitrogens with zero attached hydrogens (tertiary/aromatic N) is 5. The molecule has 3 heterocycles. The lowest BCUT2D eigenvalue weighted by Crippen LogP contribution is -2.49. The van der Waals surface area contributed by atoms with Gasteiger partial charge in [0, 0.05) is 31.4 Å². The lowest BCUT2D eigenvalue weighted by molar-refractivity contribution is -0.134. The summed E-state index contributed by atoms with van der Waals surface area (Å²) in [6, 6.07) is 1.06. The number of hydrogen-bond acceptors (Lipinski definition) is 6. The van der Waals surface area contributed by atoms with Crippen LogP contribution in [0.25, 0.3) is 0 Å². The third kappa shape index (κ3) is 5.52. The number of aryl methyl sites for hydroxylation is 2. The zero-order valence-corrected chi connectivity index (χ0v) is 19.0. The predicted octanol–water partition coefficient (Wildman–Crippen LogP) is 2.23. The average molecular weight is 448 g/mol. The lowest BCUT2D eigenvalue weighted by Gasteiger charge is -2.33. The van der Waals surface area contributed by atoms with Crippen molar-refractivity contribution in [3.05, 3.63) is 34.5 Å². The first kappa shape index (κ1) is 23.0. The summed E-state index contributed by atoms with van der Waals surface area (Å²) in [6.07, 6.45) is 5.03. The molecular formula is C21H30ClN7O2. The van der Waals surface area contributed by atoms with Gasteiger partial charge in [0.15, 0.2) is 0 Å². The second-order valence-corrected chi connectivity index (χ2v) is 8.32. The van der Waals surface area contributed by atoms with Crippen molar-refractivity contribution in [1.29, 1.82) is 0 Å². The summed E-state index contributed by atoms with van der Waals surface area (Å²) in [6.45, 7) is 7.34. The fraction of sp³-hybridized carbons (Fsp3) is 0.571. The number of nitrogen functional groups attached to an aromatic ring is 1. The maximum Gasteiger partial charge on any atom is 0.270 e. The highest BCUT2D eigenvalue weighted by molar-refractivity contribution is 6.30. The monoisotopic (exact) mass is 447 g/mol. The molecule has 0 aromatic carbocycles. The number of hydrogen-bond donors (Lipinski definition) is 2. The van der Waals surface area contributed by atoms with Crippen molar-refractivity contribution < 1.29 is 9.59 Å². The van der Waals surface area contributed by atoms with Gasteiger partial charge in [0.1, 0.15) is 28.5 Å². The first-order valence-corrected chi connectivity index (χ1v) is 11.1. The SMILES string of the molecule is CCn1nccc1C(=O)N[C@@H](C)C(=O)N1CCC(CCc2c(N)nc(C)nc2Cl)CC1. The third-order valence-corrected chi connectivity index (χ3v) is 6.11. The first-order valence-electron chi connectivity index (χ1n) is 10.7. The maximum atomic E-state index is 12.8. The number of anilines is 1. The highest BCUT2D eigenvalue weighted by atomic mass is 35.5. The molecular weight excluding hydrogens is 418 g/mol. The maximum absolute atomic E-state index is 12.8. The third-order valence-electron chi connectivity index (χ3n) is 5.80. The van der Waals surface area contributed by atoms with E-state index >= 15 is 0 Å². The van der Waals surface area contributed by atoms with Crippen LogP contribution in [0.4, 0.5) is 5.82 Å². The Morgan fingerprint density at radius 3 is 2.68 bits per heavy atom. The van der Waals surface area contributed by atoms with E-state index in [1.54, 1.807) is 30.8 Å². The Hall–Kier alpha value is -2.68. The molecule has 0 unspecified atom stereocenters. The number of carbonyl (C=O) groups excluding carboxylic acids is 2. The van der Waals surface area contributed by atoms with Gasteiger partial charge in [0.25, 0.3) is 5.91 Å². The number of piperidine rings is 1. The van der Waals surface area contributed by atoms with Crippen LogP contribution in [0.15, 0.2) is 12.3 Å². The molecule has 0 radical (unpaired) electrons. The van der Waals surface area contributed by atoms with Gasteiger partial charge in [-0.2, -0.15) is 5.10 Å². The summed E-state index contributed by atoms with van der Waals surface area (Å²) in [5, 5.41) is 7.32. The predicted molar refractivity (Wildman–Crippen MR) is 119 cm³/mol. The van der Waals surface area contributed by atoms with E-state index in [0.29, 0.717) is 48.0 Å².